The van der Waals surface area contributed by atoms with E-state index in [0.717, 1.165) is 4.47 Å². The van der Waals surface area contributed by atoms with E-state index >= 15 is 0 Å². The number of aromatic nitrogens is 1. The minimum atomic E-state index is -4.46. The van der Waals surface area contributed by atoms with Crippen LogP contribution in [-0.4, -0.2) is 41.0 Å². The molecule has 0 unspecified atom stereocenters. The molecule has 21 heavy (non-hydrogen) atoms. The fourth-order valence-corrected chi connectivity index (χ4v) is 2.23. The van der Waals surface area contributed by atoms with Crippen molar-refractivity contribution in [3.8, 4) is 0 Å². The van der Waals surface area contributed by atoms with Crippen molar-refractivity contribution in [1.29, 1.82) is 0 Å². The van der Waals surface area contributed by atoms with Gasteiger partial charge in [-0.25, -0.2) is 4.98 Å². The monoisotopic (exact) mass is 365 g/mol. The summed E-state index contributed by atoms with van der Waals surface area (Å²) in [5.41, 5.74) is 0. The molecular weight excluding hydrogens is 355 g/mol. The van der Waals surface area contributed by atoms with E-state index in [1.165, 1.54) is 6.20 Å². The molecule has 1 saturated heterocycles. The van der Waals surface area contributed by atoms with Gasteiger partial charge in [0.05, 0.1) is 5.92 Å². The van der Waals surface area contributed by atoms with E-state index in [1.54, 1.807) is 12.1 Å². The molecule has 1 aliphatic heterocycles. The number of nitrogens with one attached hydrogen (secondary N) is 1. The summed E-state index contributed by atoms with van der Waals surface area (Å²) < 4.78 is 37.6. The maximum absolute atomic E-state index is 12.3. The highest BCUT2D eigenvalue weighted by Gasteiger charge is 2.40. The van der Waals surface area contributed by atoms with Crippen LogP contribution in [0.15, 0.2) is 22.8 Å². The lowest BCUT2D eigenvalue weighted by Crippen LogP contribution is -2.36. The number of carbonyl (C=O) groups excluding carboxylic acids is 2. The summed E-state index contributed by atoms with van der Waals surface area (Å²) in [6, 6.07) is 3.21. The van der Waals surface area contributed by atoms with Crippen LogP contribution in [0.4, 0.5) is 19.0 Å². The molecule has 2 rings (SSSR count). The quantitative estimate of drug-likeness (QED) is 0.892. The Bertz CT molecular complexity index is 548. The van der Waals surface area contributed by atoms with Crippen molar-refractivity contribution in [2.24, 2.45) is 5.92 Å². The van der Waals surface area contributed by atoms with Gasteiger partial charge in [-0.3, -0.25) is 9.59 Å². The van der Waals surface area contributed by atoms with E-state index in [4.69, 9.17) is 0 Å². The van der Waals surface area contributed by atoms with Crippen molar-refractivity contribution >= 4 is 33.6 Å². The molecule has 2 heterocycles. The Morgan fingerprint density at radius 1 is 1.48 bits per heavy atom. The molecule has 114 valence electrons. The Balaban J connectivity index is 1.95. The molecule has 0 aliphatic carbocycles. The number of halogens is 4. The molecular formula is C12H11BrF3N3O2. The van der Waals surface area contributed by atoms with E-state index in [1.807, 2.05) is 0 Å². The number of carbonyl (C=O) groups is 2. The number of anilines is 1. The molecule has 1 aromatic rings. The van der Waals surface area contributed by atoms with Gasteiger partial charge in [-0.05, 0) is 28.1 Å². The van der Waals surface area contributed by atoms with Crippen LogP contribution in [0, 0.1) is 5.92 Å². The van der Waals surface area contributed by atoms with E-state index in [9.17, 15) is 22.8 Å². The Labute approximate surface area is 126 Å². The van der Waals surface area contributed by atoms with Gasteiger partial charge in [0.25, 0.3) is 0 Å². The summed E-state index contributed by atoms with van der Waals surface area (Å²) in [6.45, 7) is -1.56. The standard InChI is InChI=1S/C12H11BrF3N3O2/c13-8-1-2-9(17-4-8)18-11(21)7-3-10(20)19(5-7)6-12(14,15)16/h1-2,4,7H,3,5-6H2,(H,17,18,21)/t7-/m0/s1. The Hall–Kier alpha value is -1.64. The van der Waals surface area contributed by atoms with Crippen molar-refractivity contribution < 1.29 is 22.8 Å². The van der Waals surface area contributed by atoms with Gasteiger partial charge in [-0.15, -0.1) is 0 Å². The van der Waals surface area contributed by atoms with Crippen LogP contribution in [0.2, 0.25) is 0 Å². The molecule has 0 spiro atoms. The molecule has 1 N–H and O–H groups in total. The number of alkyl halides is 3. The maximum atomic E-state index is 12.3. The predicted octanol–water partition coefficient (Wildman–Crippen LogP) is 2.19. The topological polar surface area (TPSA) is 62.3 Å². The number of hydrogen-bond acceptors (Lipinski definition) is 3. The van der Waals surface area contributed by atoms with Gasteiger partial charge in [-0.2, -0.15) is 13.2 Å². The van der Waals surface area contributed by atoms with Crippen LogP contribution >= 0.6 is 15.9 Å². The molecule has 0 saturated carbocycles. The van der Waals surface area contributed by atoms with E-state index in [-0.39, 0.29) is 18.8 Å². The largest absolute Gasteiger partial charge is 0.406 e. The zero-order chi connectivity index (χ0) is 15.6. The number of rotatable bonds is 3. The third-order valence-corrected chi connectivity index (χ3v) is 3.40. The van der Waals surface area contributed by atoms with E-state index < -0.39 is 30.5 Å². The maximum Gasteiger partial charge on any atom is 0.406 e. The van der Waals surface area contributed by atoms with Crippen LogP contribution in [0.5, 0.6) is 0 Å². The second-order valence-electron chi connectivity index (χ2n) is 4.64. The van der Waals surface area contributed by atoms with E-state index in [2.05, 4.69) is 26.2 Å². The van der Waals surface area contributed by atoms with Crippen LogP contribution < -0.4 is 5.32 Å². The van der Waals surface area contributed by atoms with Crippen LogP contribution in [-0.2, 0) is 9.59 Å². The van der Waals surface area contributed by atoms with Crippen LogP contribution in [0.1, 0.15) is 6.42 Å². The highest BCUT2D eigenvalue weighted by atomic mass is 79.9. The van der Waals surface area contributed by atoms with Crippen molar-refractivity contribution in [2.75, 3.05) is 18.4 Å². The van der Waals surface area contributed by atoms with Crippen molar-refractivity contribution in [3.63, 3.8) is 0 Å². The molecule has 0 aromatic carbocycles. The number of nitrogens with zero attached hydrogens (tertiary/aromatic N) is 2. The molecule has 1 aromatic heterocycles. The molecule has 1 aliphatic rings. The highest BCUT2D eigenvalue weighted by molar-refractivity contribution is 9.10. The lowest BCUT2D eigenvalue weighted by molar-refractivity contribution is -0.157. The van der Waals surface area contributed by atoms with Gasteiger partial charge >= 0.3 is 6.18 Å². The fourth-order valence-electron chi connectivity index (χ4n) is 2.00. The number of likely N-dealkylation sites (tertiary alicyclic amines) is 1. The third-order valence-electron chi connectivity index (χ3n) is 2.93. The summed E-state index contributed by atoms with van der Waals surface area (Å²) in [7, 11) is 0. The molecule has 1 fully saturated rings. The first-order valence-electron chi connectivity index (χ1n) is 6.01. The van der Waals surface area contributed by atoms with E-state index in [0.29, 0.717) is 4.90 Å². The molecule has 1 atom stereocenters. The lowest BCUT2D eigenvalue weighted by Gasteiger charge is -2.18. The third kappa shape index (κ3) is 4.42. The fraction of sp³-hybridized carbons (Fsp3) is 0.417. The number of hydrogen-bond donors (Lipinski definition) is 1. The molecule has 5 nitrogen and oxygen atoms in total. The lowest BCUT2D eigenvalue weighted by atomic mass is 10.1. The zero-order valence-electron chi connectivity index (χ0n) is 10.7. The van der Waals surface area contributed by atoms with Gasteiger partial charge in [-0.1, -0.05) is 0 Å². The van der Waals surface area contributed by atoms with Crippen LogP contribution in [0.25, 0.3) is 0 Å². The number of pyridine rings is 1. The van der Waals surface area contributed by atoms with Gasteiger partial charge in [0.2, 0.25) is 11.8 Å². The van der Waals surface area contributed by atoms with Gasteiger partial charge in [0, 0.05) is 23.6 Å². The smallest absolute Gasteiger partial charge is 0.333 e. The zero-order valence-corrected chi connectivity index (χ0v) is 12.2. The molecule has 0 radical (unpaired) electrons. The highest BCUT2D eigenvalue weighted by Crippen LogP contribution is 2.24. The summed E-state index contributed by atoms with van der Waals surface area (Å²) in [5, 5.41) is 2.48. The first kappa shape index (κ1) is 15.7. The van der Waals surface area contributed by atoms with Gasteiger partial charge in [0.15, 0.2) is 0 Å². The van der Waals surface area contributed by atoms with Crippen molar-refractivity contribution in [3.05, 3.63) is 22.8 Å². The minimum absolute atomic E-state index is 0.224. The summed E-state index contributed by atoms with van der Waals surface area (Å²) >= 11 is 3.19. The Morgan fingerprint density at radius 2 is 2.19 bits per heavy atom. The first-order chi connectivity index (χ1) is 9.74. The average molecular weight is 366 g/mol. The second-order valence-corrected chi connectivity index (χ2v) is 5.56. The van der Waals surface area contributed by atoms with Crippen molar-refractivity contribution in [2.45, 2.75) is 12.6 Å². The van der Waals surface area contributed by atoms with Crippen molar-refractivity contribution in [1.82, 2.24) is 9.88 Å². The van der Waals surface area contributed by atoms with Crippen LogP contribution in [0.3, 0.4) is 0 Å². The van der Waals surface area contributed by atoms with Gasteiger partial charge in [0.1, 0.15) is 12.4 Å². The Morgan fingerprint density at radius 3 is 2.76 bits per heavy atom. The molecule has 9 heteroatoms. The normalized spacial score (nSPS) is 19.0. The average Bonchev–Trinajstić information content (AvgIpc) is 2.72. The molecule has 2 amide bonds. The summed E-state index contributed by atoms with van der Waals surface area (Å²) in [4.78, 5) is 28.0. The van der Waals surface area contributed by atoms with Gasteiger partial charge < -0.3 is 10.2 Å². The summed E-state index contributed by atoms with van der Waals surface area (Å²) in [5.74, 6) is -1.70. The first-order valence-corrected chi connectivity index (χ1v) is 6.81. The summed E-state index contributed by atoms with van der Waals surface area (Å²) in [6.07, 6.45) is -3.21. The SMILES string of the molecule is O=C(Nc1ccc(Br)cn1)[C@H]1CC(=O)N(CC(F)(F)F)C1. The Kier molecular flexibility index (Phi) is 4.50. The molecule has 0 bridgehead atoms. The number of amides is 2. The predicted molar refractivity (Wildman–Crippen MR) is 71.3 cm³/mol. The minimum Gasteiger partial charge on any atom is -0.333 e. The second kappa shape index (κ2) is 6.00.